The van der Waals surface area contributed by atoms with Crippen molar-refractivity contribution in [2.75, 3.05) is 0 Å². The number of para-hydroxylation sites is 1. The molecule has 0 spiro atoms. The molecule has 0 fully saturated rings. The Balaban J connectivity index is 1.74. The van der Waals surface area contributed by atoms with Gasteiger partial charge >= 0.3 is 0 Å². The molecule has 0 bridgehead atoms. The van der Waals surface area contributed by atoms with Gasteiger partial charge in [-0.25, -0.2) is 8.42 Å². The van der Waals surface area contributed by atoms with E-state index in [1.807, 2.05) is 24.3 Å². The smallest absolute Gasteiger partial charge is 0.241 e. The Morgan fingerprint density at radius 2 is 1.81 bits per heavy atom. The van der Waals surface area contributed by atoms with Crippen molar-refractivity contribution in [3.05, 3.63) is 65.3 Å². The summed E-state index contributed by atoms with van der Waals surface area (Å²) in [4.78, 5) is 27.7. The van der Waals surface area contributed by atoms with Gasteiger partial charge in [-0.15, -0.1) is 0 Å². The van der Waals surface area contributed by atoms with Gasteiger partial charge in [0, 0.05) is 28.5 Å². The van der Waals surface area contributed by atoms with Crippen LogP contribution in [0.5, 0.6) is 0 Å². The number of halogens is 1. The molecule has 1 aromatic heterocycles. The maximum absolute atomic E-state index is 12.9. The first-order valence-electron chi connectivity index (χ1n) is 9.80. The minimum absolute atomic E-state index is 0.001000. The van der Waals surface area contributed by atoms with Gasteiger partial charge in [0.15, 0.2) is 0 Å². The fraction of sp³-hybridized carbons (Fsp3) is 0.273. The van der Waals surface area contributed by atoms with Crippen LogP contribution in [-0.2, 0) is 26.0 Å². The number of nitrogens with one attached hydrogen (secondary N) is 3. The lowest BCUT2D eigenvalue weighted by molar-refractivity contribution is -0.126. The number of aromatic nitrogens is 1. The maximum Gasteiger partial charge on any atom is 0.241 e. The summed E-state index contributed by atoms with van der Waals surface area (Å²) in [6, 6.07) is 11.5. The van der Waals surface area contributed by atoms with Crippen molar-refractivity contribution in [1.82, 2.24) is 15.0 Å². The van der Waals surface area contributed by atoms with Gasteiger partial charge in [0.05, 0.1) is 10.9 Å². The Kier molecular flexibility index (Phi) is 7.15. The molecule has 0 aliphatic carbocycles. The molecule has 1 heterocycles. The summed E-state index contributed by atoms with van der Waals surface area (Å²) in [5.74, 6) is -0.910. The Bertz CT molecular complexity index is 1170. The van der Waals surface area contributed by atoms with Gasteiger partial charge in [0.25, 0.3) is 0 Å². The summed E-state index contributed by atoms with van der Waals surface area (Å²) in [6.07, 6.45) is 2.75. The Hall–Kier alpha value is -2.68. The molecule has 2 atom stereocenters. The van der Waals surface area contributed by atoms with Crippen LogP contribution in [0.25, 0.3) is 10.9 Å². The summed E-state index contributed by atoms with van der Waals surface area (Å²) in [5.41, 5.74) is 1.82. The van der Waals surface area contributed by atoms with Gasteiger partial charge in [0.2, 0.25) is 15.9 Å². The first kappa shape index (κ1) is 23.0. The van der Waals surface area contributed by atoms with Crippen LogP contribution in [0.2, 0.25) is 5.02 Å². The zero-order valence-electron chi connectivity index (χ0n) is 17.1. The predicted octanol–water partition coefficient (Wildman–Crippen LogP) is 3.05. The van der Waals surface area contributed by atoms with E-state index in [1.165, 1.54) is 24.3 Å². The topological polar surface area (TPSA) is 108 Å². The molecule has 3 aromatic rings. The van der Waals surface area contributed by atoms with Crippen LogP contribution < -0.4 is 10.0 Å². The summed E-state index contributed by atoms with van der Waals surface area (Å²) in [5, 5.41) is 4.04. The standard InChI is InChI=1S/C22H24ClN3O4S/c1-14(2)21(26-31(29,30)18-9-7-16(23)8-10-18)22(28)25-17(13-27)11-15-12-24-20-6-4-3-5-19(15)20/h3-10,12-14,17,21,24,26H,11H2,1-2H3,(H,25,28). The van der Waals surface area contributed by atoms with Crippen molar-refractivity contribution >= 4 is 44.7 Å². The molecule has 0 saturated heterocycles. The van der Waals surface area contributed by atoms with E-state index in [4.69, 9.17) is 11.6 Å². The molecule has 31 heavy (non-hydrogen) atoms. The third-order valence-corrected chi connectivity index (χ3v) is 6.67. The SMILES string of the molecule is CC(C)C(NS(=O)(=O)c1ccc(Cl)cc1)C(=O)NC(C=O)Cc1c[nH]c2ccccc12. The number of rotatable bonds is 9. The summed E-state index contributed by atoms with van der Waals surface area (Å²) < 4.78 is 27.9. The van der Waals surface area contributed by atoms with E-state index in [0.29, 0.717) is 11.3 Å². The highest BCUT2D eigenvalue weighted by Crippen LogP contribution is 2.19. The van der Waals surface area contributed by atoms with Crippen LogP contribution in [0.15, 0.2) is 59.6 Å². The first-order chi connectivity index (χ1) is 14.7. The number of amides is 1. The van der Waals surface area contributed by atoms with Crippen molar-refractivity contribution < 1.29 is 18.0 Å². The Labute approximate surface area is 186 Å². The second kappa shape index (κ2) is 9.64. The van der Waals surface area contributed by atoms with Gasteiger partial charge in [0.1, 0.15) is 12.3 Å². The molecule has 0 saturated carbocycles. The second-order valence-corrected chi connectivity index (χ2v) is 9.76. The Morgan fingerprint density at radius 1 is 1.13 bits per heavy atom. The van der Waals surface area contributed by atoms with Crippen molar-refractivity contribution in [2.45, 2.75) is 37.2 Å². The molecule has 2 unspecified atom stereocenters. The number of fused-ring (bicyclic) bond motifs is 1. The Morgan fingerprint density at radius 3 is 2.45 bits per heavy atom. The van der Waals surface area contributed by atoms with E-state index in [0.717, 1.165) is 16.5 Å². The van der Waals surface area contributed by atoms with Crippen LogP contribution in [0.1, 0.15) is 19.4 Å². The van der Waals surface area contributed by atoms with Gasteiger partial charge in [-0.1, -0.05) is 43.6 Å². The number of carbonyl (C=O) groups is 2. The minimum atomic E-state index is -3.95. The molecule has 0 aliphatic rings. The second-order valence-electron chi connectivity index (χ2n) is 7.61. The highest BCUT2D eigenvalue weighted by molar-refractivity contribution is 7.89. The minimum Gasteiger partial charge on any atom is -0.361 e. The van der Waals surface area contributed by atoms with Crippen LogP contribution in [-0.4, -0.2) is 37.7 Å². The molecule has 164 valence electrons. The number of benzene rings is 2. The van der Waals surface area contributed by atoms with Gasteiger partial charge in [-0.05, 0) is 41.8 Å². The fourth-order valence-electron chi connectivity index (χ4n) is 3.28. The number of aromatic amines is 1. The van der Waals surface area contributed by atoms with Gasteiger partial charge < -0.3 is 15.1 Å². The molecule has 2 aromatic carbocycles. The van der Waals surface area contributed by atoms with E-state index in [-0.39, 0.29) is 17.2 Å². The third-order valence-electron chi connectivity index (χ3n) is 4.96. The quantitative estimate of drug-likeness (QED) is 0.425. The molecule has 0 aliphatic heterocycles. The van der Waals surface area contributed by atoms with E-state index in [1.54, 1.807) is 20.0 Å². The average Bonchev–Trinajstić information content (AvgIpc) is 3.14. The molecule has 1 amide bonds. The van der Waals surface area contributed by atoms with E-state index in [2.05, 4.69) is 15.0 Å². The average molecular weight is 462 g/mol. The summed E-state index contributed by atoms with van der Waals surface area (Å²) >= 11 is 5.82. The molecular weight excluding hydrogens is 438 g/mol. The lowest BCUT2D eigenvalue weighted by Crippen LogP contribution is -2.52. The lowest BCUT2D eigenvalue weighted by Gasteiger charge is -2.23. The van der Waals surface area contributed by atoms with Gasteiger partial charge in [-0.3, -0.25) is 4.79 Å². The molecular formula is C22H24ClN3O4S. The summed E-state index contributed by atoms with van der Waals surface area (Å²) in [6.45, 7) is 3.45. The highest BCUT2D eigenvalue weighted by atomic mass is 35.5. The summed E-state index contributed by atoms with van der Waals surface area (Å²) in [7, 11) is -3.95. The lowest BCUT2D eigenvalue weighted by atomic mass is 10.0. The zero-order valence-corrected chi connectivity index (χ0v) is 18.7. The molecule has 0 radical (unpaired) electrons. The van der Waals surface area contributed by atoms with Crippen LogP contribution >= 0.6 is 11.6 Å². The van der Waals surface area contributed by atoms with E-state index in [9.17, 15) is 18.0 Å². The van der Waals surface area contributed by atoms with Crippen LogP contribution in [0.3, 0.4) is 0 Å². The number of carbonyl (C=O) groups excluding carboxylic acids is 2. The number of hydrogen-bond donors (Lipinski definition) is 3. The first-order valence-corrected chi connectivity index (χ1v) is 11.7. The highest BCUT2D eigenvalue weighted by Gasteiger charge is 2.30. The number of aldehydes is 1. The van der Waals surface area contributed by atoms with Crippen molar-refractivity contribution in [3.63, 3.8) is 0 Å². The number of sulfonamides is 1. The van der Waals surface area contributed by atoms with Crippen molar-refractivity contribution in [2.24, 2.45) is 5.92 Å². The van der Waals surface area contributed by atoms with Crippen LogP contribution in [0, 0.1) is 5.92 Å². The number of H-pyrrole nitrogens is 1. The van der Waals surface area contributed by atoms with E-state index >= 15 is 0 Å². The molecule has 9 heteroatoms. The van der Waals surface area contributed by atoms with Gasteiger partial charge in [-0.2, -0.15) is 4.72 Å². The van der Waals surface area contributed by atoms with Crippen LogP contribution in [0.4, 0.5) is 0 Å². The largest absolute Gasteiger partial charge is 0.361 e. The fourth-order valence-corrected chi connectivity index (χ4v) is 4.75. The van der Waals surface area contributed by atoms with Crippen molar-refractivity contribution in [1.29, 1.82) is 0 Å². The normalized spacial score (nSPS) is 13.8. The zero-order chi connectivity index (χ0) is 22.6. The van der Waals surface area contributed by atoms with E-state index < -0.39 is 28.0 Å². The monoisotopic (exact) mass is 461 g/mol. The number of hydrogen-bond acceptors (Lipinski definition) is 4. The molecule has 3 N–H and O–H groups in total. The molecule has 7 nitrogen and oxygen atoms in total. The molecule has 3 rings (SSSR count). The maximum atomic E-state index is 12.9. The third kappa shape index (κ3) is 5.52. The predicted molar refractivity (Wildman–Crippen MR) is 120 cm³/mol. The van der Waals surface area contributed by atoms with Crippen molar-refractivity contribution in [3.8, 4) is 0 Å².